The van der Waals surface area contributed by atoms with Gasteiger partial charge in [0, 0.05) is 54.9 Å². The van der Waals surface area contributed by atoms with Crippen LogP contribution in [-0.2, 0) is 7.05 Å². The molecule has 180 valence electrons. The highest BCUT2D eigenvalue weighted by Crippen LogP contribution is 2.52. The average molecular weight is 480 g/mol. The summed E-state index contributed by atoms with van der Waals surface area (Å²) in [6.45, 7) is 2.41. The Morgan fingerprint density at radius 1 is 1.25 bits per heavy atom. The van der Waals surface area contributed by atoms with E-state index in [9.17, 15) is 5.26 Å². The van der Waals surface area contributed by atoms with Crippen molar-refractivity contribution >= 4 is 0 Å². The number of fused-ring (bicyclic) bond motifs is 1. The Bertz CT molecular complexity index is 1520. The van der Waals surface area contributed by atoms with E-state index < -0.39 is 5.92 Å². The number of aryl methyl sites for hydroxylation is 1. The van der Waals surface area contributed by atoms with E-state index >= 15 is 0 Å². The number of hydrogen-bond donors (Lipinski definition) is 1. The van der Waals surface area contributed by atoms with Gasteiger partial charge in [-0.25, -0.2) is 9.67 Å². The van der Waals surface area contributed by atoms with E-state index in [4.69, 9.17) is 20.3 Å². The largest absolute Gasteiger partial charge is 0.493 e. The van der Waals surface area contributed by atoms with Crippen molar-refractivity contribution in [2.75, 3.05) is 6.61 Å². The van der Waals surface area contributed by atoms with Crippen molar-refractivity contribution in [1.29, 1.82) is 5.26 Å². The van der Waals surface area contributed by atoms with Crippen LogP contribution in [0.3, 0.4) is 0 Å². The number of rotatable bonds is 6. The second kappa shape index (κ2) is 8.57. The number of ether oxygens (including phenoxy) is 2. The minimum atomic E-state index is -0.431. The molecule has 1 aromatic carbocycles. The minimum Gasteiger partial charge on any atom is -0.493 e. The van der Waals surface area contributed by atoms with Crippen LogP contribution in [0, 0.1) is 11.3 Å². The van der Waals surface area contributed by atoms with Gasteiger partial charge in [-0.15, -0.1) is 0 Å². The lowest BCUT2D eigenvalue weighted by atomic mass is 9.82. The van der Waals surface area contributed by atoms with Crippen LogP contribution in [0.1, 0.15) is 48.4 Å². The molecule has 0 radical (unpaired) electrons. The minimum absolute atomic E-state index is 0.0975. The summed E-state index contributed by atoms with van der Waals surface area (Å²) < 4.78 is 15.8. The van der Waals surface area contributed by atoms with Gasteiger partial charge in [-0.3, -0.25) is 9.55 Å². The van der Waals surface area contributed by atoms with E-state index in [1.165, 1.54) is 0 Å². The standard InChI is InChI=1S/C27H25N7O2/c1-3-35-21-13-18(34-12-11-31-26(34)17-5-4-10-30-15-17)8-9-19(21)22-20(14-28)25(29)36-27-23(22)24(16-6-7-16)32-33(27)2/h4-5,8-13,15-16,22H,3,6-7,29H2,1-2H3. The molecule has 9 nitrogen and oxygen atoms in total. The molecule has 1 aliphatic carbocycles. The van der Waals surface area contributed by atoms with Crippen molar-refractivity contribution in [2.24, 2.45) is 12.8 Å². The number of nitriles is 1. The summed E-state index contributed by atoms with van der Waals surface area (Å²) in [6.07, 6.45) is 9.34. The third-order valence-electron chi connectivity index (χ3n) is 6.64. The monoisotopic (exact) mass is 479 g/mol. The first-order valence-electron chi connectivity index (χ1n) is 12.0. The molecule has 1 unspecified atom stereocenters. The van der Waals surface area contributed by atoms with E-state index in [-0.39, 0.29) is 5.88 Å². The van der Waals surface area contributed by atoms with Gasteiger partial charge in [0.25, 0.3) is 0 Å². The average Bonchev–Trinajstić information content (AvgIpc) is 3.53. The predicted octanol–water partition coefficient (Wildman–Crippen LogP) is 4.16. The zero-order chi connectivity index (χ0) is 24.8. The molecule has 1 atom stereocenters. The zero-order valence-electron chi connectivity index (χ0n) is 20.0. The summed E-state index contributed by atoms with van der Waals surface area (Å²) in [6, 6.07) is 12.1. The second-order valence-corrected chi connectivity index (χ2v) is 8.94. The molecular formula is C27H25N7O2. The molecule has 4 heterocycles. The summed E-state index contributed by atoms with van der Waals surface area (Å²) in [7, 11) is 1.85. The van der Waals surface area contributed by atoms with Gasteiger partial charge in [-0.2, -0.15) is 10.4 Å². The summed E-state index contributed by atoms with van der Waals surface area (Å²) in [5.41, 5.74) is 11.1. The first-order chi connectivity index (χ1) is 17.6. The smallest absolute Gasteiger partial charge is 0.224 e. The van der Waals surface area contributed by atoms with Gasteiger partial charge in [0.05, 0.1) is 29.5 Å². The number of pyridine rings is 1. The van der Waals surface area contributed by atoms with Crippen molar-refractivity contribution in [1.82, 2.24) is 24.3 Å². The Morgan fingerprint density at radius 2 is 2.11 bits per heavy atom. The third-order valence-corrected chi connectivity index (χ3v) is 6.64. The summed E-state index contributed by atoms with van der Waals surface area (Å²) in [5, 5.41) is 14.9. The zero-order valence-corrected chi connectivity index (χ0v) is 20.0. The van der Waals surface area contributed by atoms with E-state index in [1.54, 1.807) is 23.3 Å². The van der Waals surface area contributed by atoms with Gasteiger partial charge >= 0.3 is 0 Å². The lowest BCUT2D eigenvalue weighted by Gasteiger charge is -2.26. The normalized spacial score (nSPS) is 16.9. The van der Waals surface area contributed by atoms with Gasteiger partial charge in [-0.1, -0.05) is 6.07 Å². The number of nitrogens with zero attached hydrogens (tertiary/aromatic N) is 6. The van der Waals surface area contributed by atoms with Crippen LogP contribution in [0.2, 0.25) is 0 Å². The Morgan fingerprint density at radius 3 is 2.83 bits per heavy atom. The van der Waals surface area contributed by atoms with Gasteiger partial charge in [0.1, 0.15) is 23.2 Å². The van der Waals surface area contributed by atoms with E-state index in [0.29, 0.717) is 29.7 Å². The van der Waals surface area contributed by atoms with Crippen LogP contribution < -0.4 is 15.2 Å². The summed E-state index contributed by atoms with van der Waals surface area (Å²) in [4.78, 5) is 8.77. The van der Waals surface area contributed by atoms with E-state index in [0.717, 1.165) is 46.7 Å². The highest BCUT2D eigenvalue weighted by Gasteiger charge is 2.41. The van der Waals surface area contributed by atoms with Crippen molar-refractivity contribution in [3.8, 4) is 34.8 Å². The first-order valence-corrected chi connectivity index (χ1v) is 12.0. The van der Waals surface area contributed by atoms with E-state index in [1.807, 2.05) is 55.1 Å². The molecule has 36 heavy (non-hydrogen) atoms. The number of aromatic nitrogens is 5. The fourth-order valence-electron chi connectivity index (χ4n) is 4.88. The molecule has 3 aromatic heterocycles. The maximum Gasteiger partial charge on any atom is 0.224 e. The molecule has 0 saturated heterocycles. The van der Waals surface area contributed by atoms with Crippen LogP contribution >= 0.6 is 0 Å². The van der Waals surface area contributed by atoms with Crippen LogP contribution in [0.5, 0.6) is 11.6 Å². The third kappa shape index (κ3) is 3.50. The highest BCUT2D eigenvalue weighted by atomic mass is 16.5. The molecule has 0 bridgehead atoms. The SMILES string of the molecule is CCOc1cc(-n2ccnc2-c2cccnc2)ccc1C1C(C#N)=C(N)Oc2c1c(C1CC1)nn2C. The lowest BCUT2D eigenvalue weighted by Crippen LogP contribution is -2.22. The molecule has 2 aliphatic rings. The van der Waals surface area contributed by atoms with Crippen LogP contribution in [0.4, 0.5) is 0 Å². The van der Waals surface area contributed by atoms with Crippen molar-refractivity contribution in [3.63, 3.8) is 0 Å². The number of nitrogens with two attached hydrogens (primary N) is 1. The first kappa shape index (κ1) is 21.9. The fraction of sp³-hybridized carbons (Fsp3) is 0.259. The molecule has 2 N–H and O–H groups in total. The van der Waals surface area contributed by atoms with Gasteiger partial charge in [0.15, 0.2) is 0 Å². The van der Waals surface area contributed by atoms with Gasteiger partial charge in [0.2, 0.25) is 11.8 Å². The summed E-state index contributed by atoms with van der Waals surface area (Å²) >= 11 is 0. The molecule has 0 amide bonds. The Balaban J connectivity index is 1.51. The molecular weight excluding hydrogens is 454 g/mol. The second-order valence-electron chi connectivity index (χ2n) is 8.94. The van der Waals surface area contributed by atoms with E-state index in [2.05, 4.69) is 16.0 Å². The molecule has 4 aromatic rings. The fourth-order valence-corrected chi connectivity index (χ4v) is 4.88. The quantitative estimate of drug-likeness (QED) is 0.441. The van der Waals surface area contributed by atoms with Gasteiger partial charge < -0.3 is 15.2 Å². The molecule has 1 fully saturated rings. The highest BCUT2D eigenvalue weighted by molar-refractivity contribution is 5.63. The van der Waals surface area contributed by atoms with Crippen LogP contribution in [-0.4, -0.2) is 30.9 Å². The maximum absolute atomic E-state index is 10.1. The van der Waals surface area contributed by atoms with Crippen LogP contribution in [0.15, 0.2) is 66.6 Å². The molecule has 1 aliphatic heterocycles. The number of allylic oxidation sites excluding steroid dienone is 1. The molecule has 1 saturated carbocycles. The molecule has 6 rings (SSSR count). The Hall–Kier alpha value is -4.58. The number of imidazole rings is 1. The van der Waals surface area contributed by atoms with Crippen molar-refractivity contribution < 1.29 is 9.47 Å². The Kier molecular flexibility index (Phi) is 5.22. The topological polar surface area (TPSA) is 117 Å². The van der Waals surface area contributed by atoms with Crippen LogP contribution in [0.25, 0.3) is 17.1 Å². The summed E-state index contributed by atoms with van der Waals surface area (Å²) in [5.74, 6) is 2.06. The Labute approximate surface area is 208 Å². The lowest BCUT2D eigenvalue weighted by molar-refractivity contribution is 0.332. The number of hydrogen-bond acceptors (Lipinski definition) is 7. The van der Waals surface area contributed by atoms with Gasteiger partial charge in [-0.05, 0) is 38.0 Å². The predicted molar refractivity (Wildman–Crippen MR) is 132 cm³/mol. The maximum atomic E-state index is 10.1. The van der Waals surface area contributed by atoms with Crippen molar-refractivity contribution in [3.05, 3.63) is 83.4 Å². The molecule has 0 spiro atoms. The molecule has 9 heteroatoms. The van der Waals surface area contributed by atoms with Crippen molar-refractivity contribution in [2.45, 2.75) is 31.6 Å². The number of benzene rings is 1.